The third-order valence-corrected chi connectivity index (χ3v) is 5.58. The Morgan fingerprint density at radius 2 is 2.18 bits per heavy atom. The lowest BCUT2D eigenvalue weighted by Crippen LogP contribution is -2.52. The van der Waals surface area contributed by atoms with E-state index in [0.29, 0.717) is 38.0 Å². The normalized spacial score (nSPS) is 19.0. The second-order valence-corrected chi connectivity index (χ2v) is 7.55. The van der Waals surface area contributed by atoms with Gasteiger partial charge in [-0.3, -0.25) is 19.7 Å². The van der Waals surface area contributed by atoms with Gasteiger partial charge in [-0.2, -0.15) is 4.37 Å². The van der Waals surface area contributed by atoms with Gasteiger partial charge in [-0.05, 0) is 30.2 Å². The number of nitrogens with one attached hydrogen (secondary N) is 2. The second kappa shape index (κ2) is 7.64. The number of amides is 3. The van der Waals surface area contributed by atoms with Crippen LogP contribution < -0.4 is 16.4 Å². The zero-order chi connectivity index (χ0) is 19.7. The van der Waals surface area contributed by atoms with Crippen LogP contribution in [0.1, 0.15) is 40.2 Å². The molecule has 0 radical (unpaired) electrons. The lowest BCUT2D eigenvalue weighted by molar-refractivity contribution is -0.136. The molecule has 1 saturated heterocycles. The summed E-state index contributed by atoms with van der Waals surface area (Å²) >= 11 is 1.29. The molecular weight excluding hydrogens is 380 g/mol. The standard InChI is InChI=1S/C18H20N6O3S/c19-6-5-14-21-18(28-23-14)20-8-10-1-2-12-11(7-10)9-24(17(12)27)13-3-4-15(25)22-16(13)26/h1-2,7,13H,3-6,8-9,19H2,(H,20,21,23)(H,22,25,26). The van der Waals surface area contributed by atoms with Gasteiger partial charge in [0.05, 0.1) is 0 Å². The molecule has 2 aliphatic rings. The van der Waals surface area contributed by atoms with Crippen LogP contribution in [-0.4, -0.2) is 44.6 Å². The van der Waals surface area contributed by atoms with Crippen molar-refractivity contribution in [3.8, 4) is 0 Å². The number of benzene rings is 1. The quantitative estimate of drug-likeness (QED) is 0.599. The van der Waals surface area contributed by atoms with Crippen molar-refractivity contribution in [3.63, 3.8) is 0 Å². The van der Waals surface area contributed by atoms with E-state index >= 15 is 0 Å². The van der Waals surface area contributed by atoms with E-state index in [4.69, 9.17) is 5.73 Å². The van der Waals surface area contributed by atoms with Crippen molar-refractivity contribution in [1.29, 1.82) is 0 Å². The largest absolute Gasteiger partial charge is 0.356 e. The van der Waals surface area contributed by atoms with E-state index in [-0.39, 0.29) is 18.2 Å². The molecule has 0 aliphatic carbocycles. The van der Waals surface area contributed by atoms with Crippen LogP contribution in [0, 0.1) is 0 Å². The van der Waals surface area contributed by atoms with E-state index in [1.54, 1.807) is 11.0 Å². The van der Waals surface area contributed by atoms with E-state index in [1.807, 2.05) is 12.1 Å². The lowest BCUT2D eigenvalue weighted by Gasteiger charge is -2.29. The van der Waals surface area contributed by atoms with Crippen molar-refractivity contribution >= 4 is 34.4 Å². The molecule has 1 atom stereocenters. The summed E-state index contributed by atoms with van der Waals surface area (Å²) in [7, 11) is 0. The fraction of sp³-hybridized carbons (Fsp3) is 0.389. The van der Waals surface area contributed by atoms with Gasteiger partial charge in [0.1, 0.15) is 11.9 Å². The molecule has 0 saturated carbocycles. The monoisotopic (exact) mass is 400 g/mol. The number of carbonyl (C=O) groups excluding carboxylic acids is 3. The van der Waals surface area contributed by atoms with Gasteiger partial charge in [0.25, 0.3) is 5.91 Å². The number of imide groups is 1. The Kier molecular flexibility index (Phi) is 5.05. The number of hydrogen-bond acceptors (Lipinski definition) is 8. The smallest absolute Gasteiger partial charge is 0.255 e. The van der Waals surface area contributed by atoms with E-state index in [1.165, 1.54) is 11.5 Å². The van der Waals surface area contributed by atoms with Gasteiger partial charge in [0.2, 0.25) is 16.9 Å². The molecule has 1 unspecified atom stereocenters. The number of anilines is 1. The van der Waals surface area contributed by atoms with Crippen LogP contribution in [0.5, 0.6) is 0 Å². The summed E-state index contributed by atoms with van der Waals surface area (Å²) in [6, 6.07) is 5.05. The van der Waals surface area contributed by atoms with Gasteiger partial charge in [-0.15, -0.1) is 0 Å². The number of piperidine rings is 1. The summed E-state index contributed by atoms with van der Waals surface area (Å²) < 4.78 is 4.24. The van der Waals surface area contributed by atoms with Crippen LogP contribution in [-0.2, 0) is 29.1 Å². The minimum Gasteiger partial charge on any atom is -0.356 e. The van der Waals surface area contributed by atoms with Crippen LogP contribution >= 0.6 is 11.5 Å². The summed E-state index contributed by atoms with van der Waals surface area (Å²) in [6.45, 7) is 1.43. The van der Waals surface area contributed by atoms with E-state index in [2.05, 4.69) is 20.0 Å². The van der Waals surface area contributed by atoms with Crippen molar-refractivity contribution in [3.05, 3.63) is 40.7 Å². The topological polar surface area (TPSA) is 130 Å². The molecule has 2 aromatic rings. The maximum Gasteiger partial charge on any atom is 0.255 e. The molecule has 1 aromatic heterocycles. The third-order valence-electron chi connectivity index (χ3n) is 4.87. The molecule has 0 spiro atoms. The average molecular weight is 400 g/mol. The fourth-order valence-corrected chi connectivity index (χ4v) is 4.08. The maximum atomic E-state index is 12.7. The van der Waals surface area contributed by atoms with Crippen molar-refractivity contribution in [2.24, 2.45) is 5.73 Å². The van der Waals surface area contributed by atoms with Gasteiger partial charge in [0.15, 0.2) is 0 Å². The van der Waals surface area contributed by atoms with Gasteiger partial charge >= 0.3 is 0 Å². The Hall–Kier alpha value is -2.85. The van der Waals surface area contributed by atoms with E-state index in [0.717, 1.165) is 22.1 Å². The molecule has 3 heterocycles. The fourth-order valence-electron chi connectivity index (χ4n) is 3.47. The lowest BCUT2D eigenvalue weighted by atomic mass is 10.0. The van der Waals surface area contributed by atoms with Crippen LogP contribution in [0.15, 0.2) is 18.2 Å². The summed E-state index contributed by atoms with van der Waals surface area (Å²) in [5, 5.41) is 6.27. The summed E-state index contributed by atoms with van der Waals surface area (Å²) in [5.74, 6) is -0.122. The molecular formula is C18H20N6O3S. The summed E-state index contributed by atoms with van der Waals surface area (Å²) in [6.07, 6.45) is 1.26. The van der Waals surface area contributed by atoms with Gasteiger partial charge in [0, 0.05) is 43.0 Å². The first-order valence-electron chi connectivity index (χ1n) is 9.08. The van der Waals surface area contributed by atoms with Crippen LogP contribution in [0.25, 0.3) is 0 Å². The van der Waals surface area contributed by atoms with E-state index < -0.39 is 11.9 Å². The van der Waals surface area contributed by atoms with Crippen LogP contribution in [0.4, 0.5) is 5.13 Å². The van der Waals surface area contributed by atoms with Gasteiger partial charge < -0.3 is 16.0 Å². The molecule has 4 N–H and O–H groups in total. The highest BCUT2D eigenvalue weighted by atomic mass is 32.1. The number of hydrogen-bond donors (Lipinski definition) is 3. The first kappa shape index (κ1) is 18.5. The van der Waals surface area contributed by atoms with Crippen molar-refractivity contribution in [2.45, 2.75) is 38.4 Å². The number of aromatic nitrogens is 2. The van der Waals surface area contributed by atoms with E-state index in [9.17, 15) is 14.4 Å². The molecule has 0 bridgehead atoms. The van der Waals surface area contributed by atoms with Crippen molar-refractivity contribution in [1.82, 2.24) is 19.6 Å². The molecule has 2 aliphatic heterocycles. The number of nitrogens with two attached hydrogens (primary N) is 1. The first-order valence-corrected chi connectivity index (χ1v) is 9.85. The minimum absolute atomic E-state index is 0.167. The van der Waals surface area contributed by atoms with Crippen LogP contribution in [0.2, 0.25) is 0 Å². The second-order valence-electron chi connectivity index (χ2n) is 6.80. The van der Waals surface area contributed by atoms with Gasteiger partial charge in [-0.1, -0.05) is 12.1 Å². The van der Waals surface area contributed by atoms with Gasteiger partial charge in [-0.25, -0.2) is 4.98 Å². The van der Waals surface area contributed by atoms with Crippen LogP contribution in [0.3, 0.4) is 0 Å². The summed E-state index contributed by atoms with van der Waals surface area (Å²) in [5.41, 5.74) is 8.01. The molecule has 4 rings (SSSR count). The Labute approximate surface area is 165 Å². The first-order chi connectivity index (χ1) is 13.5. The Morgan fingerprint density at radius 3 is 2.96 bits per heavy atom. The highest BCUT2D eigenvalue weighted by Crippen LogP contribution is 2.28. The maximum absolute atomic E-state index is 12.7. The Morgan fingerprint density at radius 1 is 1.32 bits per heavy atom. The third kappa shape index (κ3) is 3.60. The highest BCUT2D eigenvalue weighted by Gasteiger charge is 2.38. The van der Waals surface area contributed by atoms with Crippen molar-refractivity contribution in [2.75, 3.05) is 11.9 Å². The molecule has 146 valence electrons. The zero-order valence-corrected chi connectivity index (χ0v) is 15.9. The number of nitrogens with zero attached hydrogens (tertiary/aromatic N) is 3. The molecule has 1 aromatic carbocycles. The number of carbonyl (C=O) groups is 3. The number of rotatable bonds is 6. The molecule has 28 heavy (non-hydrogen) atoms. The number of fused-ring (bicyclic) bond motifs is 1. The predicted octanol–water partition coefficient (Wildman–Crippen LogP) is 0.412. The zero-order valence-electron chi connectivity index (χ0n) is 15.1. The predicted molar refractivity (Wildman–Crippen MR) is 102 cm³/mol. The average Bonchev–Trinajstić information content (AvgIpc) is 3.25. The minimum atomic E-state index is -0.596. The molecule has 1 fully saturated rings. The molecule has 3 amide bonds. The Balaban J connectivity index is 1.43. The Bertz CT molecular complexity index is 943. The summed E-state index contributed by atoms with van der Waals surface area (Å²) in [4.78, 5) is 42.1. The highest BCUT2D eigenvalue weighted by molar-refractivity contribution is 7.09. The van der Waals surface area contributed by atoms with Crippen molar-refractivity contribution < 1.29 is 14.4 Å². The SMILES string of the molecule is NCCc1nsc(NCc2ccc3c(c2)CN(C2CCC(=O)NC2=O)C3=O)n1. The molecule has 10 heteroatoms. The molecule has 9 nitrogen and oxygen atoms in total.